The molecule has 6 nitrogen and oxygen atoms in total. The topological polar surface area (TPSA) is 69.6 Å². The molecule has 0 fully saturated rings. The van der Waals surface area contributed by atoms with Gasteiger partial charge in [-0.2, -0.15) is 4.98 Å². The van der Waals surface area contributed by atoms with Crippen molar-refractivity contribution in [2.75, 3.05) is 0 Å². The molecule has 0 saturated carbocycles. The van der Waals surface area contributed by atoms with Crippen molar-refractivity contribution < 1.29 is 4.52 Å². The second-order valence-electron chi connectivity index (χ2n) is 3.72. The summed E-state index contributed by atoms with van der Waals surface area (Å²) in [6.07, 6.45) is 2.00. The van der Waals surface area contributed by atoms with Gasteiger partial charge in [-0.25, -0.2) is 0 Å². The molecule has 0 spiro atoms. The highest BCUT2D eigenvalue weighted by Gasteiger charge is 2.13. The number of hydrogen-bond donors (Lipinski definition) is 0. The fourth-order valence-electron chi connectivity index (χ4n) is 1.44. The van der Waals surface area contributed by atoms with Crippen LogP contribution in [0, 0.1) is 0 Å². The normalized spacial score (nSPS) is 11.2. The third kappa shape index (κ3) is 2.21. The van der Waals surface area contributed by atoms with Gasteiger partial charge in [-0.3, -0.25) is 0 Å². The standard InChI is InChI=1S/C9H12ClN5O/c1-6(2)8-13-14-9(10)15(8)4-3-7-11-5-12-16-7/h5-6H,3-4H2,1-2H3. The number of rotatable bonds is 4. The summed E-state index contributed by atoms with van der Waals surface area (Å²) in [6, 6.07) is 0. The Kier molecular flexibility index (Phi) is 3.19. The summed E-state index contributed by atoms with van der Waals surface area (Å²) in [5.41, 5.74) is 0. The Bertz CT molecular complexity index is 450. The molecule has 0 saturated heterocycles. The quantitative estimate of drug-likeness (QED) is 0.815. The lowest BCUT2D eigenvalue weighted by Crippen LogP contribution is -2.08. The number of aromatic nitrogens is 5. The van der Waals surface area contributed by atoms with E-state index in [1.165, 1.54) is 6.33 Å². The molecule has 7 heteroatoms. The molecule has 16 heavy (non-hydrogen) atoms. The predicted molar refractivity (Wildman–Crippen MR) is 57.1 cm³/mol. The molecule has 0 aliphatic rings. The van der Waals surface area contributed by atoms with Crippen molar-refractivity contribution in [1.82, 2.24) is 24.9 Å². The molecule has 86 valence electrons. The van der Waals surface area contributed by atoms with Crippen LogP contribution in [-0.2, 0) is 13.0 Å². The number of aryl methyl sites for hydroxylation is 1. The summed E-state index contributed by atoms with van der Waals surface area (Å²) in [4.78, 5) is 3.94. The van der Waals surface area contributed by atoms with Gasteiger partial charge in [0, 0.05) is 18.9 Å². The fraction of sp³-hybridized carbons (Fsp3) is 0.556. The van der Waals surface area contributed by atoms with E-state index >= 15 is 0 Å². The van der Waals surface area contributed by atoms with Crippen LogP contribution in [0.1, 0.15) is 31.5 Å². The molecule has 2 rings (SSSR count). The average Bonchev–Trinajstić information content (AvgIpc) is 2.84. The molecule has 2 aromatic heterocycles. The Balaban J connectivity index is 2.11. The maximum Gasteiger partial charge on any atom is 0.228 e. The van der Waals surface area contributed by atoms with Gasteiger partial charge in [0.05, 0.1) is 0 Å². The summed E-state index contributed by atoms with van der Waals surface area (Å²) in [6.45, 7) is 4.73. The van der Waals surface area contributed by atoms with Gasteiger partial charge in [0.25, 0.3) is 0 Å². The van der Waals surface area contributed by atoms with Crippen LogP contribution in [0.3, 0.4) is 0 Å². The first kappa shape index (κ1) is 11.1. The molecule has 0 radical (unpaired) electrons. The fourth-order valence-corrected chi connectivity index (χ4v) is 1.65. The van der Waals surface area contributed by atoms with Gasteiger partial charge < -0.3 is 9.09 Å². The summed E-state index contributed by atoms with van der Waals surface area (Å²) in [7, 11) is 0. The van der Waals surface area contributed by atoms with Crippen LogP contribution in [0.15, 0.2) is 10.9 Å². The van der Waals surface area contributed by atoms with Gasteiger partial charge in [0.15, 0.2) is 6.33 Å². The smallest absolute Gasteiger partial charge is 0.228 e. The highest BCUT2D eigenvalue weighted by atomic mass is 35.5. The lowest BCUT2D eigenvalue weighted by Gasteiger charge is -2.07. The van der Waals surface area contributed by atoms with Crippen molar-refractivity contribution >= 4 is 11.6 Å². The Morgan fingerprint density at radius 2 is 2.25 bits per heavy atom. The summed E-state index contributed by atoms with van der Waals surface area (Å²) < 4.78 is 6.77. The predicted octanol–water partition coefficient (Wildman–Crippen LogP) is 1.68. The van der Waals surface area contributed by atoms with Crippen molar-refractivity contribution in [3.63, 3.8) is 0 Å². The van der Waals surface area contributed by atoms with Gasteiger partial charge in [-0.1, -0.05) is 19.0 Å². The van der Waals surface area contributed by atoms with E-state index in [-0.39, 0.29) is 5.92 Å². The zero-order valence-corrected chi connectivity index (χ0v) is 9.85. The molecule has 0 aliphatic heterocycles. The van der Waals surface area contributed by atoms with Crippen LogP contribution in [-0.4, -0.2) is 24.9 Å². The van der Waals surface area contributed by atoms with Crippen molar-refractivity contribution in [3.8, 4) is 0 Å². The van der Waals surface area contributed by atoms with E-state index in [9.17, 15) is 0 Å². The molecular weight excluding hydrogens is 230 g/mol. The first-order chi connectivity index (χ1) is 7.68. The minimum atomic E-state index is 0.280. The molecule has 2 aromatic rings. The van der Waals surface area contributed by atoms with Gasteiger partial charge in [0.2, 0.25) is 11.2 Å². The van der Waals surface area contributed by atoms with Crippen LogP contribution in [0.4, 0.5) is 0 Å². The van der Waals surface area contributed by atoms with Crippen LogP contribution in [0.5, 0.6) is 0 Å². The van der Waals surface area contributed by atoms with Crippen molar-refractivity contribution in [3.05, 3.63) is 23.3 Å². The maximum absolute atomic E-state index is 5.95. The van der Waals surface area contributed by atoms with E-state index in [4.69, 9.17) is 16.1 Å². The highest BCUT2D eigenvalue weighted by molar-refractivity contribution is 6.28. The van der Waals surface area contributed by atoms with E-state index in [0.717, 1.165) is 5.82 Å². The van der Waals surface area contributed by atoms with Gasteiger partial charge in [-0.05, 0) is 11.6 Å². The zero-order chi connectivity index (χ0) is 11.5. The third-order valence-corrected chi connectivity index (χ3v) is 2.49. The molecule has 0 bridgehead atoms. The minimum absolute atomic E-state index is 0.280. The minimum Gasteiger partial charge on any atom is -0.340 e. The molecule has 0 unspecified atom stereocenters. The van der Waals surface area contributed by atoms with Crippen LogP contribution in [0.2, 0.25) is 5.28 Å². The second-order valence-corrected chi connectivity index (χ2v) is 4.06. The number of nitrogens with zero attached hydrogens (tertiary/aromatic N) is 5. The van der Waals surface area contributed by atoms with E-state index in [1.54, 1.807) is 0 Å². The van der Waals surface area contributed by atoms with Gasteiger partial charge in [-0.15, -0.1) is 10.2 Å². The van der Waals surface area contributed by atoms with Crippen LogP contribution in [0.25, 0.3) is 0 Å². The Morgan fingerprint density at radius 1 is 1.44 bits per heavy atom. The zero-order valence-electron chi connectivity index (χ0n) is 9.09. The van der Waals surface area contributed by atoms with E-state index in [1.807, 2.05) is 18.4 Å². The molecular formula is C9H12ClN5O. The summed E-state index contributed by atoms with van der Waals surface area (Å²) in [5.74, 6) is 1.73. The first-order valence-corrected chi connectivity index (χ1v) is 5.40. The molecule has 0 atom stereocenters. The maximum atomic E-state index is 5.95. The lowest BCUT2D eigenvalue weighted by molar-refractivity contribution is 0.369. The van der Waals surface area contributed by atoms with Crippen LogP contribution < -0.4 is 0 Å². The number of halogens is 1. The monoisotopic (exact) mass is 241 g/mol. The largest absolute Gasteiger partial charge is 0.340 e. The number of hydrogen-bond acceptors (Lipinski definition) is 5. The molecule has 2 heterocycles. The third-order valence-electron chi connectivity index (χ3n) is 2.21. The first-order valence-electron chi connectivity index (χ1n) is 5.02. The SMILES string of the molecule is CC(C)c1nnc(Cl)n1CCc1ncno1. The van der Waals surface area contributed by atoms with E-state index in [0.29, 0.717) is 24.1 Å². The lowest BCUT2D eigenvalue weighted by atomic mass is 10.2. The van der Waals surface area contributed by atoms with Crippen molar-refractivity contribution in [1.29, 1.82) is 0 Å². The molecule has 0 aliphatic carbocycles. The summed E-state index contributed by atoms with van der Waals surface area (Å²) >= 11 is 5.95. The van der Waals surface area contributed by atoms with Crippen LogP contribution >= 0.6 is 11.6 Å². The average molecular weight is 242 g/mol. The Morgan fingerprint density at radius 3 is 2.88 bits per heavy atom. The Hall–Kier alpha value is -1.43. The Labute approximate surface area is 97.6 Å². The second kappa shape index (κ2) is 4.61. The molecule has 0 aromatic carbocycles. The molecule has 0 amide bonds. The van der Waals surface area contributed by atoms with E-state index < -0.39 is 0 Å². The summed E-state index contributed by atoms with van der Waals surface area (Å²) in [5, 5.41) is 11.8. The van der Waals surface area contributed by atoms with E-state index in [2.05, 4.69) is 20.3 Å². The highest BCUT2D eigenvalue weighted by Crippen LogP contribution is 2.16. The molecule has 0 N–H and O–H groups in total. The van der Waals surface area contributed by atoms with Crippen molar-refractivity contribution in [2.24, 2.45) is 0 Å². The van der Waals surface area contributed by atoms with Crippen molar-refractivity contribution in [2.45, 2.75) is 32.7 Å². The van der Waals surface area contributed by atoms with Gasteiger partial charge >= 0.3 is 0 Å². The van der Waals surface area contributed by atoms with Gasteiger partial charge in [0.1, 0.15) is 5.82 Å².